The van der Waals surface area contributed by atoms with Crippen LogP contribution in [0.15, 0.2) is 0 Å². The van der Waals surface area contributed by atoms with Gasteiger partial charge in [0.15, 0.2) is 9.04 Å². The third-order valence-corrected chi connectivity index (χ3v) is 19.5. The summed E-state index contributed by atoms with van der Waals surface area (Å²) < 4.78 is 12.9. The van der Waals surface area contributed by atoms with Crippen LogP contribution in [0, 0.1) is 0 Å². The maximum atomic E-state index is 6.88. The Labute approximate surface area is 129 Å². The van der Waals surface area contributed by atoms with Gasteiger partial charge in [-0.15, -0.1) is 11.1 Å². The molecule has 0 aliphatic rings. The molecule has 6 heteroatoms. The van der Waals surface area contributed by atoms with Gasteiger partial charge in [-0.25, -0.2) is 0 Å². The second-order valence-electron chi connectivity index (χ2n) is 7.64. The predicted molar refractivity (Wildman–Crippen MR) is 94.2 cm³/mol. The summed E-state index contributed by atoms with van der Waals surface area (Å²) in [7, 11) is -5.65. The van der Waals surface area contributed by atoms with Crippen molar-refractivity contribution in [2.75, 3.05) is 0 Å². The number of rotatable bonds is 6. The Morgan fingerprint density at radius 3 is 1.63 bits per heavy atom. The minimum atomic E-state index is -2.23. The second-order valence-corrected chi connectivity index (χ2v) is 20.7. The van der Waals surface area contributed by atoms with Crippen LogP contribution in [0.5, 0.6) is 0 Å². The minimum Gasteiger partial charge on any atom is -0.439 e. The summed E-state index contributed by atoms with van der Waals surface area (Å²) >= 11 is 6.88. The highest BCUT2D eigenvalue weighted by molar-refractivity contribution is 7.20. The quantitative estimate of drug-likeness (QED) is 0.477. The normalized spacial score (nSPS) is 16.3. The van der Waals surface area contributed by atoms with E-state index in [1.165, 1.54) is 0 Å². The van der Waals surface area contributed by atoms with Crippen LogP contribution in [0.1, 0.15) is 48.5 Å². The van der Waals surface area contributed by atoms with Gasteiger partial charge in [0.1, 0.15) is 0 Å². The van der Waals surface area contributed by atoms with Gasteiger partial charge in [-0.3, -0.25) is 0 Å². The molecule has 0 aliphatic carbocycles. The molecule has 19 heavy (non-hydrogen) atoms. The molecule has 0 aliphatic heterocycles. The molecule has 1 atom stereocenters. The van der Waals surface area contributed by atoms with Crippen molar-refractivity contribution < 1.29 is 8.23 Å². The molecule has 0 aromatic heterocycles. The van der Waals surface area contributed by atoms with E-state index >= 15 is 0 Å². The highest BCUT2D eigenvalue weighted by atomic mass is 35.6. The molecule has 0 saturated heterocycles. The van der Waals surface area contributed by atoms with Crippen molar-refractivity contribution in [3.8, 4) is 0 Å². The van der Waals surface area contributed by atoms with Gasteiger partial charge in [-0.1, -0.05) is 48.5 Å². The standard InChI is InChI=1S/C13H33ClO2Si3/c1-11(2)19(14,12(3)4)16-18(9,10)15-17(8)13(5,6)7/h11-12,17H,1-10H3. The zero-order chi connectivity index (χ0) is 15.6. The zero-order valence-electron chi connectivity index (χ0n) is 14.4. The van der Waals surface area contributed by atoms with Gasteiger partial charge >= 0.3 is 8.56 Å². The molecule has 0 aromatic carbocycles. The van der Waals surface area contributed by atoms with Gasteiger partial charge in [-0.2, -0.15) is 0 Å². The summed E-state index contributed by atoms with van der Waals surface area (Å²) in [5, 5.41) is 0.264. The summed E-state index contributed by atoms with van der Waals surface area (Å²) in [6.45, 7) is 22.0. The molecule has 2 nitrogen and oxygen atoms in total. The van der Waals surface area contributed by atoms with Crippen molar-refractivity contribution in [2.24, 2.45) is 0 Å². The summed E-state index contributed by atoms with van der Waals surface area (Å²) in [6.07, 6.45) is 0. The Morgan fingerprint density at radius 2 is 1.37 bits per heavy atom. The molecular weight excluding hydrogens is 308 g/mol. The smallest absolute Gasteiger partial charge is 0.311 e. The Kier molecular flexibility index (Phi) is 7.05. The van der Waals surface area contributed by atoms with Gasteiger partial charge in [0.05, 0.1) is 0 Å². The van der Waals surface area contributed by atoms with Crippen LogP contribution < -0.4 is 0 Å². The fourth-order valence-corrected chi connectivity index (χ4v) is 15.3. The summed E-state index contributed by atoms with van der Waals surface area (Å²) in [5.74, 6) is 0. The Morgan fingerprint density at radius 1 is 1.00 bits per heavy atom. The van der Waals surface area contributed by atoms with Gasteiger partial charge in [0.2, 0.25) is 0 Å². The van der Waals surface area contributed by atoms with Gasteiger partial charge in [-0.05, 0) is 35.8 Å². The average molecular weight is 341 g/mol. The molecule has 0 rings (SSSR count). The van der Waals surface area contributed by atoms with E-state index < -0.39 is 25.2 Å². The van der Waals surface area contributed by atoms with E-state index in [4.69, 9.17) is 19.3 Å². The first-order chi connectivity index (χ1) is 8.22. The first-order valence-electron chi connectivity index (χ1n) is 7.29. The van der Waals surface area contributed by atoms with Gasteiger partial charge in [0, 0.05) is 0 Å². The van der Waals surface area contributed by atoms with E-state index in [0.717, 1.165) is 0 Å². The summed E-state index contributed by atoms with van der Waals surface area (Å²) in [6, 6.07) is 0. The summed E-state index contributed by atoms with van der Waals surface area (Å²) in [5.41, 5.74) is 0.798. The molecule has 0 heterocycles. The average Bonchev–Trinajstić information content (AvgIpc) is 2.13. The SMILES string of the molecule is CC(C)[Si](Cl)(O[Si](C)(C)O[SiH](C)C(C)(C)C)C(C)C. The second kappa shape index (κ2) is 6.75. The van der Waals surface area contributed by atoms with Crippen molar-refractivity contribution in [1.29, 1.82) is 0 Å². The number of hydrogen-bond acceptors (Lipinski definition) is 2. The fraction of sp³-hybridized carbons (Fsp3) is 1.00. The van der Waals surface area contributed by atoms with E-state index in [1.54, 1.807) is 0 Å². The Balaban J connectivity index is 4.93. The van der Waals surface area contributed by atoms with E-state index in [9.17, 15) is 0 Å². The van der Waals surface area contributed by atoms with Crippen LogP contribution in [0.3, 0.4) is 0 Å². The van der Waals surface area contributed by atoms with Crippen molar-refractivity contribution in [3.05, 3.63) is 0 Å². The van der Waals surface area contributed by atoms with Crippen molar-refractivity contribution in [2.45, 2.75) is 84.2 Å². The monoisotopic (exact) mass is 340 g/mol. The van der Waals surface area contributed by atoms with E-state index in [2.05, 4.69) is 68.1 Å². The van der Waals surface area contributed by atoms with Gasteiger partial charge in [0.25, 0.3) is 7.63 Å². The number of halogens is 1. The largest absolute Gasteiger partial charge is 0.439 e. The maximum absolute atomic E-state index is 6.88. The van der Waals surface area contributed by atoms with Gasteiger partial charge < -0.3 is 8.23 Å². The van der Waals surface area contributed by atoms with Crippen molar-refractivity contribution in [1.82, 2.24) is 0 Å². The van der Waals surface area contributed by atoms with E-state index in [-0.39, 0.29) is 5.04 Å². The lowest BCUT2D eigenvalue weighted by Crippen LogP contribution is -2.53. The van der Waals surface area contributed by atoms with Crippen LogP contribution in [-0.4, -0.2) is 25.2 Å². The topological polar surface area (TPSA) is 18.5 Å². The minimum absolute atomic E-state index is 0.264. The molecule has 1 unspecified atom stereocenters. The first kappa shape index (κ1) is 19.9. The lowest BCUT2D eigenvalue weighted by atomic mass is 10.3. The summed E-state index contributed by atoms with van der Waals surface area (Å²) in [4.78, 5) is 0. The highest BCUT2D eigenvalue weighted by Crippen LogP contribution is 2.40. The zero-order valence-corrected chi connectivity index (χ0v) is 18.3. The Hall–Kier alpha value is 0.861. The molecular formula is C13H33ClO2Si3. The lowest BCUT2D eigenvalue weighted by molar-refractivity contribution is 0.379. The third kappa shape index (κ3) is 6.01. The van der Waals surface area contributed by atoms with Crippen LogP contribution in [0.2, 0.25) is 35.8 Å². The highest BCUT2D eigenvalue weighted by Gasteiger charge is 2.47. The Bertz CT molecular complexity index is 280. The predicted octanol–water partition coefficient (Wildman–Crippen LogP) is 5.38. The first-order valence-corrected chi connectivity index (χ1v) is 15.4. The van der Waals surface area contributed by atoms with Crippen LogP contribution in [-0.2, 0) is 8.23 Å². The number of hydrogen-bond donors (Lipinski definition) is 0. The van der Waals surface area contributed by atoms with E-state index in [0.29, 0.717) is 11.1 Å². The molecule has 0 aromatic rings. The maximum Gasteiger partial charge on any atom is 0.311 e. The van der Waals surface area contributed by atoms with Crippen LogP contribution in [0.25, 0.3) is 0 Å². The molecule has 0 N–H and O–H groups in total. The third-order valence-electron chi connectivity index (χ3n) is 3.66. The molecule has 116 valence electrons. The van der Waals surface area contributed by atoms with Crippen molar-refractivity contribution >= 4 is 36.3 Å². The molecule has 0 fully saturated rings. The molecule has 0 amide bonds. The van der Waals surface area contributed by atoms with E-state index in [1.807, 2.05) is 0 Å². The van der Waals surface area contributed by atoms with Crippen LogP contribution >= 0.6 is 11.1 Å². The molecule has 0 radical (unpaired) electrons. The van der Waals surface area contributed by atoms with Crippen molar-refractivity contribution in [3.63, 3.8) is 0 Å². The molecule has 0 spiro atoms. The lowest BCUT2D eigenvalue weighted by Gasteiger charge is -2.41. The fourth-order valence-electron chi connectivity index (χ4n) is 1.91. The molecule has 0 saturated carbocycles. The molecule has 0 bridgehead atoms. The van der Waals surface area contributed by atoms with Crippen LogP contribution in [0.4, 0.5) is 0 Å².